The fraction of sp³-hybridized carbons (Fsp3) is 0.636. The highest BCUT2D eigenvalue weighted by atomic mass is 16.3. The Morgan fingerprint density at radius 1 is 1.15 bits per heavy atom. The number of hydrogen-bond acceptors (Lipinski definition) is 2. The van der Waals surface area contributed by atoms with Crippen LogP contribution in [0.15, 0.2) is 25.3 Å². The summed E-state index contributed by atoms with van der Waals surface area (Å²) in [7, 11) is 0. The summed E-state index contributed by atoms with van der Waals surface area (Å²) in [6.07, 6.45) is 7.19. The van der Waals surface area contributed by atoms with E-state index in [4.69, 9.17) is 0 Å². The van der Waals surface area contributed by atoms with Gasteiger partial charge in [-0.05, 0) is 12.8 Å². The Bertz CT molecular complexity index is 173. The SMILES string of the molecule is C=CCC(O)(CC=C)N1CCCC1. The van der Waals surface area contributed by atoms with Gasteiger partial charge in [-0.1, -0.05) is 12.2 Å². The molecule has 1 saturated heterocycles. The number of nitrogens with zero attached hydrogens (tertiary/aromatic N) is 1. The van der Waals surface area contributed by atoms with E-state index in [-0.39, 0.29) is 0 Å². The molecule has 0 amide bonds. The van der Waals surface area contributed by atoms with E-state index >= 15 is 0 Å². The second-order valence-corrected chi connectivity index (χ2v) is 3.66. The Morgan fingerprint density at radius 2 is 1.62 bits per heavy atom. The number of rotatable bonds is 5. The molecular formula is C11H19NO. The molecule has 0 saturated carbocycles. The lowest BCUT2D eigenvalue weighted by Gasteiger charge is -2.35. The molecule has 1 heterocycles. The van der Waals surface area contributed by atoms with Crippen molar-refractivity contribution in [3.63, 3.8) is 0 Å². The molecule has 1 N–H and O–H groups in total. The molecule has 0 aromatic rings. The van der Waals surface area contributed by atoms with Gasteiger partial charge in [-0.3, -0.25) is 4.90 Å². The summed E-state index contributed by atoms with van der Waals surface area (Å²) in [5.41, 5.74) is -0.722. The van der Waals surface area contributed by atoms with E-state index in [2.05, 4.69) is 18.1 Å². The van der Waals surface area contributed by atoms with E-state index in [9.17, 15) is 5.11 Å². The van der Waals surface area contributed by atoms with Gasteiger partial charge in [0.15, 0.2) is 0 Å². The van der Waals surface area contributed by atoms with Gasteiger partial charge < -0.3 is 5.11 Å². The molecule has 2 nitrogen and oxygen atoms in total. The van der Waals surface area contributed by atoms with E-state index in [0.29, 0.717) is 12.8 Å². The van der Waals surface area contributed by atoms with Crippen LogP contribution in [-0.2, 0) is 0 Å². The molecule has 0 radical (unpaired) electrons. The molecule has 13 heavy (non-hydrogen) atoms. The molecule has 1 fully saturated rings. The first-order valence-corrected chi connectivity index (χ1v) is 4.92. The summed E-state index contributed by atoms with van der Waals surface area (Å²) in [4.78, 5) is 2.14. The van der Waals surface area contributed by atoms with Gasteiger partial charge in [-0.15, -0.1) is 13.2 Å². The minimum atomic E-state index is -0.722. The van der Waals surface area contributed by atoms with Crippen molar-refractivity contribution < 1.29 is 5.11 Å². The average molecular weight is 181 g/mol. The largest absolute Gasteiger partial charge is 0.375 e. The van der Waals surface area contributed by atoms with E-state index in [1.54, 1.807) is 12.2 Å². The van der Waals surface area contributed by atoms with Gasteiger partial charge >= 0.3 is 0 Å². The maximum absolute atomic E-state index is 10.3. The zero-order valence-electron chi connectivity index (χ0n) is 8.21. The highest BCUT2D eigenvalue weighted by Gasteiger charge is 2.33. The van der Waals surface area contributed by atoms with Crippen molar-refractivity contribution in [2.24, 2.45) is 0 Å². The molecule has 0 spiro atoms. The molecule has 0 unspecified atom stereocenters. The summed E-state index contributed by atoms with van der Waals surface area (Å²) < 4.78 is 0. The summed E-state index contributed by atoms with van der Waals surface area (Å²) in [5.74, 6) is 0. The second-order valence-electron chi connectivity index (χ2n) is 3.66. The van der Waals surface area contributed by atoms with Crippen molar-refractivity contribution in [1.82, 2.24) is 4.90 Å². The van der Waals surface area contributed by atoms with E-state index in [0.717, 1.165) is 13.1 Å². The van der Waals surface area contributed by atoms with Gasteiger partial charge in [0, 0.05) is 25.9 Å². The van der Waals surface area contributed by atoms with Gasteiger partial charge in [0.05, 0.1) is 0 Å². The monoisotopic (exact) mass is 181 g/mol. The van der Waals surface area contributed by atoms with Gasteiger partial charge in [0.2, 0.25) is 0 Å². The van der Waals surface area contributed by atoms with Crippen LogP contribution in [0.5, 0.6) is 0 Å². The summed E-state index contributed by atoms with van der Waals surface area (Å²) in [5, 5.41) is 10.3. The maximum Gasteiger partial charge on any atom is 0.125 e. The van der Waals surface area contributed by atoms with Crippen molar-refractivity contribution in [2.75, 3.05) is 13.1 Å². The van der Waals surface area contributed by atoms with Gasteiger partial charge in [-0.25, -0.2) is 0 Å². The Labute approximate surface area is 80.6 Å². The van der Waals surface area contributed by atoms with Crippen LogP contribution in [0.1, 0.15) is 25.7 Å². The smallest absolute Gasteiger partial charge is 0.125 e. The van der Waals surface area contributed by atoms with Crippen LogP contribution in [-0.4, -0.2) is 28.8 Å². The van der Waals surface area contributed by atoms with Crippen molar-refractivity contribution >= 4 is 0 Å². The number of likely N-dealkylation sites (tertiary alicyclic amines) is 1. The summed E-state index contributed by atoms with van der Waals surface area (Å²) in [6, 6.07) is 0. The standard InChI is InChI=1S/C11H19NO/c1-3-7-11(13,8-4-2)12-9-5-6-10-12/h3-4,13H,1-2,5-10H2. The third-order valence-corrected chi connectivity index (χ3v) is 2.64. The minimum absolute atomic E-state index is 0.624. The van der Waals surface area contributed by atoms with Crippen molar-refractivity contribution in [3.05, 3.63) is 25.3 Å². The van der Waals surface area contributed by atoms with Crippen molar-refractivity contribution in [3.8, 4) is 0 Å². The fourth-order valence-corrected chi connectivity index (χ4v) is 1.94. The molecule has 0 aromatic heterocycles. The van der Waals surface area contributed by atoms with Crippen LogP contribution < -0.4 is 0 Å². The maximum atomic E-state index is 10.3. The van der Waals surface area contributed by atoms with Crippen LogP contribution in [0, 0.1) is 0 Å². The predicted octanol–water partition coefficient (Wildman–Crippen LogP) is 1.92. The first-order chi connectivity index (χ1) is 6.23. The lowest BCUT2D eigenvalue weighted by atomic mass is 10.0. The lowest BCUT2D eigenvalue weighted by molar-refractivity contribution is -0.0918. The predicted molar refractivity (Wildman–Crippen MR) is 55.4 cm³/mol. The first kappa shape index (κ1) is 10.5. The summed E-state index contributed by atoms with van der Waals surface area (Å²) >= 11 is 0. The molecule has 1 rings (SSSR count). The molecular weight excluding hydrogens is 162 g/mol. The average Bonchev–Trinajstić information content (AvgIpc) is 2.57. The lowest BCUT2D eigenvalue weighted by Crippen LogP contribution is -2.46. The minimum Gasteiger partial charge on any atom is -0.375 e. The number of hydrogen-bond donors (Lipinski definition) is 1. The first-order valence-electron chi connectivity index (χ1n) is 4.92. The topological polar surface area (TPSA) is 23.5 Å². The Kier molecular flexibility index (Phi) is 3.70. The highest BCUT2D eigenvalue weighted by molar-refractivity contribution is 4.93. The quantitative estimate of drug-likeness (QED) is 0.655. The third kappa shape index (κ3) is 2.42. The van der Waals surface area contributed by atoms with Crippen molar-refractivity contribution in [2.45, 2.75) is 31.4 Å². The van der Waals surface area contributed by atoms with E-state index in [1.165, 1.54) is 12.8 Å². The molecule has 0 bridgehead atoms. The van der Waals surface area contributed by atoms with Crippen LogP contribution >= 0.6 is 0 Å². The molecule has 0 aromatic carbocycles. The van der Waals surface area contributed by atoms with Gasteiger partial charge in [0.25, 0.3) is 0 Å². The Balaban J connectivity index is 2.62. The second kappa shape index (κ2) is 4.58. The molecule has 1 aliphatic rings. The normalized spacial score (nSPS) is 18.8. The Hall–Kier alpha value is -0.600. The van der Waals surface area contributed by atoms with Crippen molar-refractivity contribution in [1.29, 1.82) is 0 Å². The van der Waals surface area contributed by atoms with E-state index in [1.807, 2.05) is 0 Å². The molecule has 1 aliphatic heterocycles. The van der Waals surface area contributed by atoms with Crippen LogP contribution in [0.25, 0.3) is 0 Å². The molecule has 0 atom stereocenters. The molecule has 74 valence electrons. The zero-order valence-corrected chi connectivity index (χ0v) is 8.21. The number of aliphatic hydroxyl groups is 1. The van der Waals surface area contributed by atoms with Crippen LogP contribution in [0.2, 0.25) is 0 Å². The van der Waals surface area contributed by atoms with Crippen LogP contribution in [0.3, 0.4) is 0 Å². The van der Waals surface area contributed by atoms with Crippen LogP contribution in [0.4, 0.5) is 0 Å². The molecule has 2 heteroatoms. The summed E-state index contributed by atoms with van der Waals surface area (Å²) in [6.45, 7) is 9.35. The third-order valence-electron chi connectivity index (χ3n) is 2.64. The fourth-order valence-electron chi connectivity index (χ4n) is 1.94. The molecule has 0 aliphatic carbocycles. The van der Waals surface area contributed by atoms with E-state index < -0.39 is 5.72 Å². The van der Waals surface area contributed by atoms with Gasteiger partial charge in [0.1, 0.15) is 5.72 Å². The zero-order chi connectivity index (χ0) is 9.73. The van der Waals surface area contributed by atoms with Gasteiger partial charge in [-0.2, -0.15) is 0 Å². The Morgan fingerprint density at radius 3 is 2.00 bits per heavy atom. The highest BCUT2D eigenvalue weighted by Crippen LogP contribution is 2.26.